The van der Waals surface area contributed by atoms with Gasteiger partial charge >= 0.3 is 5.97 Å². The van der Waals surface area contributed by atoms with Crippen molar-refractivity contribution in [2.24, 2.45) is 0 Å². The lowest BCUT2D eigenvalue weighted by molar-refractivity contribution is -0.146. The molecule has 0 unspecified atom stereocenters. The number of rotatable bonds is 3. The lowest BCUT2D eigenvalue weighted by atomic mass is 10.2. The van der Waals surface area contributed by atoms with Crippen molar-refractivity contribution >= 4 is 15.1 Å². The Bertz CT molecular complexity index is 285. The van der Waals surface area contributed by atoms with E-state index in [1.807, 2.05) is 44.2 Å². The van der Waals surface area contributed by atoms with Crippen LogP contribution in [-0.4, -0.2) is 12.1 Å². The SMILES string of the molecule is CC(C)OC(=O)Cc1ccccc1.O=P. The van der Waals surface area contributed by atoms with Gasteiger partial charge in [-0.25, -0.2) is 0 Å². The molecule has 0 N–H and O–H groups in total. The second-order valence-electron chi connectivity index (χ2n) is 3.20. The number of esters is 1. The van der Waals surface area contributed by atoms with Crippen molar-refractivity contribution in [1.82, 2.24) is 0 Å². The molecule has 0 bridgehead atoms. The summed E-state index contributed by atoms with van der Waals surface area (Å²) in [4.78, 5) is 11.2. The average Bonchev–Trinajstić information content (AvgIpc) is 2.21. The average molecular weight is 226 g/mol. The van der Waals surface area contributed by atoms with Crippen LogP contribution in [0, 0.1) is 0 Å². The van der Waals surface area contributed by atoms with Gasteiger partial charge in [-0.15, -0.1) is 0 Å². The lowest BCUT2D eigenvalue weighted by Crippen LogP contribution is -2.13. The van der Waals surface area contributed by atoms with Gasteiger partial charge in [0.2, 0.25) is 0 Å². The first kappa shape index (κ1) is 13.8. The predicted molar refractivity (Wildman–Crippen MR) is 60.4 cm³/mol. The lowest BCUT2D eigenvalue weighted by Gasteiger charge is -2.07. The smallest absolute Gasteiger partial charge is 0.310 e. The van der Waals surface area contributed by atoms with Crippen LogP contribution in [0.25, 0.3) is 0 Å². The highest BCUT2D eigenvalue weighted by atomic mass is 31.0. The van der Waals surface area contributed by atoms with Gasteiger partial charge in [0.15, 0.2) is 0 Å². The minimum atomic E-state index is -0.166. The fourth-order valence-electron chi connectivity index (χ4n) is 1.07. The summed E-state index contributed by atoms with van der Waals surface area (Å²) in [5, 5.41) is 0. The van der Waals surface area contributed by atoms with Crippen LogP contribution in [0.1, 0.15) is 19.4 Å². The van der Waals surface area contributed by atoms with E-state index >= 15 is 0 Å². The third kappa shape index (κ3) is 6.81. The van der Waals surface area contributed by atoms with E-state index in [-0.39, 0.29) is 12.1 Å². The molecule has 82 valence electrons. The molecule has 1 aromatic carbocycles. The highest BCUT2D eigenvalue weighted by Crippen LogP contribution is 2.01. The highest BCUT2D eigenvalue weighted by Gasteiger charge is 2.05. The predicted octanol–water partition coefficient (Wildman–Crippen LogP) is 2.66. The zero-order chi connectivity index (χ0) is 11.7. The van der Waals surface area contributed by atoms with Crippen molar-refractivity contribution in [2.75, 3.05) is 0 Å². The third-order valence-corrected chi connectivity index (χ3v) is 1.56. The fraction of sp³-hybridized carbons (Fsp3) is 0.364. The van der Waals surface area contributed by atoms with E-state index in [1.165, 1.54) is 0 Å². The molecule has 0 aliphatic rings. The van der Waals surface area contributed by atoms with Gasteiger partial charge in [0.05, 0.1) is 12.5 Å². The first-order chi connectivity index (χ1) is 7.18. The molecule has 0 aromatic heterocycles. The monoisotopic (exact) mass is 226 g/mol. The Balaban J connectivity index is 0.000000921. The van der Waals surface area contributed by atoms with Crippen LogP contribution in [-0.2, 0) is 20.5 Å². The molecular formula is C11H15O3P. The second kappa shape index (κ2) is 8.13. The Morgan fingerprint density at radius 1 is 1.27 bits per heavy atom. The van der Waals surface area contributed by atoms with Crippen LogP contribution in [0.3, 0.4) is 0 Å². The molecule has 4 heteroatoms. The van der Waals surface area contributed by atoms with Crippen molar-refractivity contribution < 1.29 is 14.1 Å². The van der Waals surface area contributed by atoms with Gasteiger partial charge in [-0.2, -0.15) is 0 Å². The molecule has 0 radical (unpaired) electrons. The zero-order valence-electron chi connectivity index (χ0n) is 8.90. The molecule has 0 spiro atoms. The van der Waals surface area contributed by atoms with Crippen LogP contribution in [0.2, 0.25) is 0 Å². The summed E-state index contributed by atoms with van der Waals surface area (Å²) in [6, 6.07) is 9.59. The van der Waals surface area contributed by atoms with Crippen molar-refractivity contribution in [3.05, 3.63) is 35.9 Å². The minimum Gasteiger partial charge on any atom is -0.463 e. The van der Waals surface area contributed by atoms with E-state index in [0.717, 1.165) is 5.56 Å². The van der Waals surface area contributed by atoms with Gasteiger partial charge in [0.1, 0.15) is 9.12 Å². The Morgan fingerprint density at radius 3 is 2.27 bits per heavy atom. The summed E-state index contributed by atoms with van der Waals surface area (Å²) >= 11 is 0. The van der Waals surface area contributed by atoms with Crippen LogP contribution in [0.15, 0.2) is 30.3 Å². The third-order valence-electron chi connectivity index (χ3n) is 1.56. The quantitative estimate of drug-likeness (QED) is 0.587. The summed E-state index contributed by atoms with van der Waals surface area (Å²) in [6.07, 6.45) is 0.329. The summed E-state index contributed by atoms with van der Waals surface area (Å²) in [7, 11) is 1.72. The number of carbonyl (C=O) groups excluding carboxylic acids is 1. The van der Waals surface area contributed by atoms with Crippen molar-refractivity contribution in [3.63, 3.8) is 0 Å². The summed E-state index contributed by atoms with van der Waals surface area (Å²) in [5.74, 6) is -0.166. The van der Waals surface area contributed by atoms with Gasteiger partial charge in [0.25, 0.3) is 0 Å². The standard InChI is InChI=1S/C11H14O2.HOP/c1-9(2)13-11(12)8-10-6-4-3-5-7-10;1-2/h3-7,9H,8H2,1-2H3;2H. The van der Waals surface area contributed by atoms with Crippen LogP contribution in [0.5, 0.6) is 0 Å². The van der Waals surface area contributed by atoms with Gasteiger partial charge < -0.3 is 4.74 Å². The van der Waals surface area contributed by atoms with E-state index in [0.29, 0.717) is 6.42 Å². The number of ether oxygens (including phenoxy) is 1. The molecular weight excluding hydrogens is 211 g/mol. The van der Waals surface area contributed by atoms with Crippen molar-refractivity contribution in [2.45, 2.75) is 26.4 Å². The van der Waals surface area contributed by atoms with Crippen molar-refractivity contribution in [3.8, 4) is 0 Å². The summed E-state index contributed by atoms with van der Waals surface area (Å²) in [6.45, 7) is 3.70. The van der Waals surface area contributed by atoms with Gasteiger partial charge in [-0.3, -0.25) is 9.36 Å². The Morgan fingerprint density at radius 2 is 1.80 bits per heavy atom. The maximum atomic E-state index is 11.2. The van der Waals surface area contributed by atoms with Crippen LogP contribution in [0.4, 0.5) is 0 Å². The van der Waals surface area contributed by atoms with Crippen LogP contribution >= 0.6 is 9.12 Å². The van der Waals surface area contributed by atoms with E-state index in [2.05, 4.69) is 0 Å². The molecule has 0 saturated heterocycles. The molecule has 3 nitrogen and oxygen atoms in total. The van der Waals surface area contributed by atoms with Crippen LogP contribution < -0.4 is 0 Å². The van der Waals surface area contributed by atoms with Gasteiger partial charge in [-0.1, -0.05) is 30.3 Å². The molecule has 1 aromatic rings. The van der Waals surface area contributed by atoms with E-state index in [9.17, 15) is 4.79 Å². The summed E-state index contributed by atoms with van der Waals surface area (Å²) < 4.78 is 13.1. The molecule has 0 aliphatic carbocycles. The zero-order valence-corrected chi connectivity index (χ0v) is 9.90. The second-order valence-corrected chi connectivity index (χ2v) is 3.20. The number of benzene rings is 1. The van der Waals surface area contributed by atoms with Crippen molar-refractivity contribution in [1.29, 1.82) is 0 Å². The Labute approximate surface area is 92.1 Å². The number of hydrogen-bond acceptors (Lipinski definition) is 3. The molecule has 0 atom stereocenters. The largest absolute Gasteiger partial charge is 0.463 e. The van der Waals surface area contributed by atoms with Gasteiger partial charge in [-0.05, 0) is 19.4 Å². The maximum absolute atomic E-state index is 11.2. The summed E-state index contributed by atoms with van der Waals surface area (Å²) in [5.41, 5.74) is 0.994. The highest BCUT2D eigenvalue weighted by molar-refractivity contribution is 7.00. The molecule has 15 heavy (non-hydrogen) atoms. The Hall–Kier alpha value is -1.21. The molecule has 0 amide bonds. The normalized spacial score (nSPS) is 9.00. The van der Waals surface area contributed by atoms with E-state index < -0.39 is 0 Å². The topological polar surface area (TPSA) is 43.4 Å². The van der Waals surface area contributed by atoms with E-state index in [4.69, 9.17) is 9.30 Å². The number of carbonyl (C=O) groups is 1. The number of hydrogen-bond donors (Lipinski definition) is 0. The first-order valence-corrected chi connectivity index (χ1v) is 5.03. The molecule has 1 rings (SSSR count). The maximum Gasteiger partial charge on any atom is 0.310 e. The fourth-order valence-corrected chi connectivity index (χ4v) is 1.07. The molecule has 0 saturated carbocycles. The molecule has 0 fully saturated rings. The van der Waals surface area contributed by atoms with E-state index in [1.54, 1.807) is 9.12 Å². The van der Waals surface area contributed by atoms with Gasteiger partial charge in [0, 0.05) is 0 Å². The molecule has 0 aliphatic heterocycles. The first-order valence-electron chi connectivity index (χ1n) is 4.62. The molecule has 0 heterocycles. The minimum absolute atomic E-state index is 0.0313. The Kier molecular flexibility index (Phi) is 7.47.